The van der Waals surface area contributed by atoms with Crippen molar-refractivity contribution in [3.05, 3.63) is 63.9 Å². The number of fused-ring (bicyclic) bond motifs is 1. The van der Waals surface area contributed by atoms with Gasteiger partial charge in [-0.25, -0.2) is 4.98 Å². The molecule has 8 heteroatoms. The molecule has 1 heterocycles. The Morgan fingerprint density at radius 2 is 1.93 bits per heavy atom. The van der Waals surface area contributed by atoms with Crippen molar-refractivity contribution in [3.8, 4) is 5.75 Å². The Morgan fingerprint density at radius 3 is 2.67 bits per heavy atom. The monoisotopic (exact) mass is 386 g/mol. The lowest BCUT2D eigenvalue weighted by Crippen LogP contribution is -2.41. The van der Waals surface area contributed by atoms with Crippen LogP contribution in [0.25, 0.3) is 10.9 Å². The summed E-state index contributed by atoms with van der Waals surface area (Å²) < 4.78 is 7.02. The highest BCUT2D eigenvalue weighted by Gasteiger charge is 2.17. The number of hydrogen-bond donors (Lipinski definition) is 2. The maximum absolute atomic E-state index is 12.6. The third-order valence-electron chi connectivity index (χ3n) is 3.98. The number of nitrogens with one attached hydrogen (secondary N) is 2. The van der Waals surface area contributed by atoms with Crippen molar-refractivity contribution in [2.45, 2.75) is 26.5 Å². The minimum absolute atomic E-state index is 0.180. The number of para-hydroxylation sites is 2. The van der Waals surface area contributed by atoms with E-state index in [2.05, 4.69) is 15.8 Å². The van der Waals surface area contributed by atoms with Crippen LogP contribution in [-0.2, 0) is 11.3 Å². The van der Waals surface area contributed by atoms with Gasteiger partial charge in [0.15, 0.2) is 6.10 Å². The molecule has 140 valence electrons. The predicted molar refractivity (Wildman–Crippen MR) is 105 cm³/mol. The van der Waals surface area contributed by atoms with E-state index in [9.17, 15) is 9.59 Å². The number of aromatic nitrogens is 2. The number of nitrogens with zero attached hydrogens (tertiary/aromatic N) is 2. The number of halogens is 1. The van der Waals surface area contributed by atoms with Crippen molar-refractivity contribution in [3.63, 3.8) is 0 Å². The number of hydrogen-bond acceptors (Lipinski definition) is 5. The van der Waals surface area contributed by atoms with Gasteiger partial charge in [0.2, 0.25) is 5.95 Å². The molecule has 2 aromatic carbocycles. The van der Waals surface area contributed by atoms with Crippen LogP contribution in [0.1, 0.15) is 13.8 Å². The molecule has 0 bridgehead atoms. The highest BCUT2D eigenvalue weighted by molar-refractivity contribution is 6.32. The average Bonchev–Trinajstić information content (AvgIpc) is 2.68. The second-order valence-corrected chi connectivity index (χ2v) is 6.21. The van der Waals surface area contributed by atoms with Gasteiger partial charge in [-0.2, -0.15) is 0 Å². The number of anilines is 1. The average molecular weight is 387 g/mol. The fourth-order valence-corrected chi connectivity index (χ4v) is 2.74. The third-order valence-corrected chi connectivity index (χ3v) is 4.30. The van der Waals surface area contributed by atoms with Crippen LogP contribution in [0.2, 0.25) is 5.02 Å². The first-order valence-corrected chi connectivity index (χ1v) is 8.85. The van der Waals surface area contributed by atoms with Gasteiger partial charge < -0.3 is 4.74 Å². The van der Waals surface area contributed by atoms with Gasteiger partial charge in [0.1, 0.15) is 5.75 Å². The molecule has 0 saturated heterocycles. The second-order valence-electron chi connectivity index (χ2n) is 5.81. The molecule has 0 saturated carbocycles. The Hall–Kier alpha value is -3.06. The Balaban J connectivity index is 1.75. The molecule has 0 aliphatic carbocycles. The Morgan fingerprint density at radius 1 is 1.22 bits per heavy atom. The molecular formula is C19H19ClN4O3. The maximum atomic E-state index is 12.6. The van der Waals surface area contributed by atoms with Crippen molar-refractivity contribution in [2.24, 2.45) is 0 Å². The van der Waals surface area contributed by atoms with Gasteiger partial charge in [0.25, 0.3) is 11.5 Å². The number of ether oxygens (including phenoxy) is 1. The maximum Gasteiger partial charge on any atom is 0.279 e. The van der Waals surface area contributed by atoms with Crippen molar-refractivity contribution < 1.29 is 9.53 Å². The van der Waals surface area contributed by atoms with Gasteiger partial charge in [-0.05, 0) is 38.1 Å². The molecular weight excluding hydrogens is 368 g/mol. The van der Waals surface area contributed by atoms with Crippen LogP contribution in [0.5, 0.6) is 5.75 Å². The fourth-order valence-electron chi connectivity index (χ4n) is 2.56. The van der Waals surface area contributed by atoms with E-state index in [1.807, 2.05) is 6.92 Å². The molecule has 0 radical (unpaired) electrons. The van der Waals surface area contributed by atoms with Gasteiger partial charge in [-0.3, -0.25) is 25.0 Å². The van der Waals surface area contributed by atoms with E-state index in [1.54, 1.807) is 55.5 Å². The summed E-state index contributed by atoms with van der Waals surface area (Å²) in [7, 11) is 0. The summed E-state index contributed by atoms with van der Waals surface area (Å²) in [4.78, 5) is 29.3. The number of benzene rings is 2. The highest BCUT2D eigenvalue weighted by atomic mass is 35.5. The zero-order chi connectivity index (χ0) is 19.4. The summed E-state index contributed by atoms with van der Waals surface area (Å²) in [5.41, 5.74) is 5.61. The van der Waals surface area contributed by atoms with E-state index in [0.717, 1.165) is 0 Å². The fraction of sp³-hybridized carbons (Fsp3) is 0.211. The van der Waals surface area contributed by atoms with E-state index < -0.39 is 12.0 Å². The van der Waals surface area contributed by atoms with Gasteiger partial charge in [-0.15, -0.1) is 0 Å². The van der Waals surface area contributed by atoms with E-state index in [-0.39, 0.29) is 11.5 Å². The molecule has 3 rings (SSSR count). The van der Waals surface area contributed by atoms with Gasteiger partial charge in [0, 0.05) is 6.54 Å². The summed E-state index contributed by atoms with van der Waals surface area (Å²) >= 11 is 6.04. The molecule has 0 aliphatic heterocycles. The summed E-state index contributed by atoms with van der Waals surface area (Å²) in [5.74, 6) is 0.232. The van der Waals surface area contributed by atoms with Crippen LogP contribution in [0, 0.1) is 0 Å². The highest BCUT2D eigenvalue weighted by Crippen LogP contribution is 2.24. The Bertz CT molecular complexity index is 1030. The zero-order valence-corrected chi connectivity index (χ0v) is 15.7. The van der Waals surface area contributed by atoms with Crippen LogP contribution < -0.4 is 21.1 Å². The lowest BCUT2D eigenvalue weighted by atomic mass is 10.2. The van der Waals surface area contributed by atoms with E-state index >= 15 is 0 Å². The summed E-state index contributed by atoms with van der Waals surface area (Å²) in [6.07, 6.45) is -0.806. The second kappa shape index (κ2) is 8.09. The number of rotatable bonds is 6. The number of carbonyl (C=O) groups is 1. The first-order valence-electron chi connectivity index (χ1n) is 8.48. The molecule has 1 unspecified atom stereocenters. The Labute approximate surface area is 160 Å². The van der Waals surface area contributed by atoms with E-state index in [0.29, 0.717) is 28.2 Å². The van der Waals surface area contributed by atoms with Gasteiger partial charge in [0.05, 0.1) is 15.9 Å². The molecule has 27 heavy (non-hydrogen) atoms. The molecule has 2 N–H and O–H groups in total. The number of carbonyl (C=O) groups excluding carboxylic acids is 1. The molecule has 7 nitrogen and oxygen atoms in total. The van der Waals surface area contributed by atoms with Crippen LogP contribution in [0.3, 0.4) is 0 Å². The van der Waals surface area contributed by atoms with Crippen LogP contribution in [0.15, 0.2) is 53.3 Å². The molecule has 0 spiro atoms. The lowest BCUT2D eigenvalue weighted by Gasteiger charge is -2.17. The van der Waals surface area contributed by atoms with Crippen LogP contribution in [-0.4, -0.2) is 21.6 Å². The normalized spacial score (nSPS) is 11.8. The number of hydrazine groups is 1. The molecule has 3 aromatic rings. The first kappa shape index (κ1) is 18.7. The third kappa shape index (κ3) is 4.03. The summed E-state index contributed by atoms with van der Waals surface area (Å²) in [6, 6.07) is 13.9. The van der Waals surface area contributed by atoms with Gasteiger partial charge >= 0.3 is 0 Å². The predicted octanol–water partition coefficient (Wildman–Crippen LogP) is 2.98. The van der Waals surface area contributed by atoms with Gasteiger partial charge in [-0.1, -0.05) is 35.9 Å². The van der Waals surface area contributed by atoms with Crippen LogP contribution >= 0.6 is 11.6 Å². The quantitative estimate of drug-likeness (QED) is 0.636. The zero-order valence-electron chi connectivity index (χ0n) is 14.9. The largest absolute Gasteiger partial charge is 0.479 e. The lowest BCUT2D eigenvalue weighted by molar-refractivity contribution is -0.126. The minimum atomic E-state index is -0.806. The first-order chi connectivity index (χ1) is 13.0. The van der Waals surface area contributed by atoms with Crippen molar-refractivity contribution in [1.29, 1.82) is 0 Å². The van der Waals surface area contributed by atoms with E-state index in [1.165, 1.54) is 4.57 Å². The Kier molecular flexibility index (Phi) is 5.61. The molecule has 1 atom stereocenters. The van der Waals surface area contributed by atoms with Crippen LogP contribution in [0.4, 0.5) is 5.95 Å². The molecule has 1 amide bonds. The van der Waals surface area contributed by atoms with E-state index in [4.69, 9.17) is 16.3 Å². The summed E-state index contributed by atoms with van der Waals surface area (Å²) in [5, 5.41) is 0.938. The van der Waals surface area contributed by atoms with Crippen molar-refractivity contribution in [1.82, 2.24) is 15.0 Å². The topological polar surface area (TPSA) is 85.2 Å². The molecule has 0 fully saturated rings. The number of amides is 1. The summed E-state index contributed by atoms with van der Waals surface area (Å²) in [6.45, 7) is 3.83. The minimum Gasteiger partial charge on any atom is -0.479 e. The van der Waals surface area contributed by atoms with Crippen molar-refractivity contribution in [2.75, 3.05) is 5.43 Å². The SMILES string of the molecule is CCn1c(NNC(=O)C(C)Oc2ccccc2Cl)nc2ccccc2c1=O. The molecule has 0 aliphatic rings. The smallest absolute Gasteiger partial charge is 0.279 e. The molecule has 1 aromatic heterocycles. The van der Waals surface area contributed by atoms with Crippen molar-refractivity contribution >= 4 is 34.4 Å². The standard InChI is InChI=1S/C19H19ClN4O3/c1-3-24-18(26)13-8-4-6-10-15(13)21-19(24)23-22-17(25)12(2)27-16-11-7-5-9-14(16)20/h4-12H,3H2,1-2H3,(H,21,23)(H,22,25).